The van der Waals surface area contributed by atoms with Gasteiger partial charge in [0.1, 0.15) is 5.75 Å². The number of hydrogen-bond donors (Lipinski definition) is 0. The van der Waals surface area contributed by atoms with E-state index < -0.39 is 0 Å². The van der Waals surface area contributed by atoms with Crippen LogP contribution in [0.25, 0.3) is 6.08 Å². The Kier molecular flexibility index (Phi) is 4.15. The largest absolute Gasteiger partial charge is 0.497 e. The van der Waals surface area contributed by atoms with Crippen LogP contribution in [0.5, 0.6) is 5.75 Å². The zero-order chi connectivity index (χ0) is 17.1. The van der Waals surface area contributed by atoms with Gasteiger partial charge in [-0.05, 0) is 41.2 Å². The fourth-order valence-electron chi connectivity index (χ4n) is 3.76. The minimum atomic E-state index is 0.117. The van der Waals surface area contributed by atoms with E-state index in [4.69, 9.17) is 4.74 Å². The topological polar surface area (TPSA) is 9.23 Å². The highest BCUT2D eigenvalue weighted by Gasteiger charge is 2.54. The van der Waals surface area contributed by atoms with E-state index in [0.717, 1.165) is 12.2 Å². The van der Waals surface area contributed by atoms with Gasteiger partial charge in [0.05, 0.1) is 7.11 Å². The summed E-state index contributed by atoms with van der Waals surface area (Å²) in [4.78, 5) is 0. The lowest BCUT2D eigenvalue weighted by Crippen LogP contribution is -2.11. The molecule has 3 aromatic rings. The molecule has 25 heavy (non-hydrogen) atoms. The van der Waals surface area contributed by atoms with Gasteiger partial charge in [-0.2, -0.15) is 0 Å². The first kappa shape index (κ1) is 15.7. The second-order valence-corrected chi connectivity index (χ2v) is 6.65. The maximum absolute atomic E-state index is 5.23. The van der Waals surface area contributed by atoms with Crippen LogP contribution in [-0.2, 0) is 5.41 Å². The minimum absolute atomic E-state index is 0.117. The van der Waals surface area contributed by atoms with Crippen LogP contribution in [0.2, 0.25) is 0 Å². The number of rotatable bonds is 5. The standard InChI is InChI=1S/C24H22O/c1-25-23-16-13-19(14-17-23)12-15-22-18-24(22,20-8-4-2-5-9-20)21-10-6-3-7-11-21/h2-17,22H,18H2,1H3/b15-12+. The molecule has 1 heteroatoms. The lowest BCUT2D eigenvalue weighted by Gasteiger charge is -2.18. The van der Waals surface area contributed by atoms with Crippen molar-refractivity contribution in [2.24, 2.45) is 5.92 Å². The molecule has 0 saturated heterocycles. The lowest BCUT2D eigenvalue weighted by molar-refractivity contribution is 0.415. The summed E-state index contributed by atoms with van der Waals surface area (Å²) in [5.41, 5.74) is 4.14. The summed E-state index contributed by atoms with van der Waals surface area (Å²) in [5, 5.41) is 0. The molecule has 1 fully saturated rings. The van der Waals surface area contributed by atoms with Crippen LogP contribution in [-0.4, -0.2) is 7.11 Å². The molecule has 0 amide bonds. The Balaban J connectivity index is 1.63. The van der Waals surface area contributed by atoms with Crippen molar-refractivity contribution in [1.29, 1.82) is 0 Å². The quantitative estimate of drug-likeness (QED) is 0.583. The Labute approximate surface area is 149 Å². The van der Waals surface area contributed by atoms with Crippen LogP contribution >= 0.6 is 0 Å². The molecule has 1 aliphatic rings. The second kappa shape index (κ2) is 6.60. The van der Waals surface area contributed by atoms with E-state index in [2.05, 4.69) is 84.9 Å². The molecule has 1 atom stereocenters. The summed E-state index contributed by atoms with van der Waals surface area (Å²) in [6.45, 7) is 0. The molecule has 3 aromatic carbocycles. The van der Waals surface area contributed by atoms with E-state index in [0.29, 0.717) is 5.92 Å². The predicted octanol–water partition coefficient (Wildman–Crippen LogP) is 5.71. The number of hydrogen-bond acceptors (Lipinski definition) is 1. The van der Waals surface area contributed by atoms with E-state index in [-0.39, 0.29) is 5.41 Å². The van der Waals surface area contributed by atoms with Crippen molar-refractivity contribution in [3.05, 3.63) is 108 Å². The molecule has 4 rings (SSSR count). The van der Waals surface area contributed by atoms with Crippen molar-refractivity contribution >= 4 is 6.08 Å². The van der Waals surface area contributed by atoms with Crippen molar-refractivity contribution < 1.29 is 4.74 Å². The maximum atomic E-state index is 5.23. The van der Waals surface area contributed by atoms with Gasteiger partial charge >= 0.3 is 0 Å². The van der Waals surface area contributed by atoms with Gasteiger partial charge < -0.3 is 4.74 Å². The number of methoxy groups -OCH3 is 1. The molecule has 0 N–H and O–H groups in total. The van der Waals surface area contributed by atoms with Crippen molar-refractivity contribution in [2.75, 3.05) is 7.11 Å². The molecule has 1 nitrogen and oxygen atoms in total. The van der Waals surface area contributed by atoms with E-state index in [1.807, 2.05) is 12.1 Å². The maximum Gasteiger partial charge on any atom is 0.118 e. The molecule has 0 bridgehead atoms. The summed E-state index contributed by atoms with van der Waals surface area (Å²) >= 11 is 0. The third-order valence-corrected chi connectivity index (χ3v) is 5.23. The van der Waals surface area contributed by atoms with Gasteiger partial charge in [0.2, 0.25) is 0 Å². The third-order valence-electron chi connectivity index (χ3n) is 5.23. The van der Waals surface area contributed by atoms with Crippen LogP contribution < -0.4 is 4.74 Å². The Morgan fingerprint density at radius 1 is 0.800 bits per heavy atom. The first-order valence-electron chi connectivity index (χ1n) is 8.76. The van der Waals surface area contributed by atoms with Crippen LogP contribution in [0.15, 0.2) is 91.0 Å². The fourth-order valence-corrected chi connectivity index (χ4v) is 3.76. The summed E-state index contributed by atoms with van der Waals surface area (Å²) < 4.78 is 5.23. The predicted molar refractivity (Wildman–Crippen MR) is 104 cm³/mol. The Morgan fingerprint density at radius 3 is 1.88 bits per heavy atom. The van der Waals surface area contributed by atoms with Gasteiger partial charge in [0.15, 0.2) is 0 Å². The van der Waals surface area contributed by atoms with Crippen molar-refractivity contribution in [3.63, 3.8) is 0 Å². The van der Waals surface area contributed by atoms with E-state index >= 15 is 0 Å². The molecule has 0 aliphatic heterocycles. The lowest BCUT2D eigenvalue weighted by atomic mass is 9.85. The van der Waals surface area contributed by atoms with Crippen molar-refractivity contribution in [1.82, 2.24) is 0 Å². The Bertz CT molecular complexity index is 808. The zero-order valence-electron chi connectivity index (χ0n) is 14.4. The third kappa shape index (κ3) is 2.98. The highest BCUT2D eigenvalue weighted by atomic mass is 16.5. The highest BCUT2D eigenvalue weighted by molar-refractivity contribution is 5.56. The molecule has 1 unspecified atom stereocenters. The summed E-state index contributed by atoms with van der Waals surface area (Å²) in [6.07, 6.45) is 5.76. The van der Waals surface area contributed by atoms with Crippen LogP contribution in [0.3, 0.4) is 0 Å². The Morgan fingerprint density at radius 2 is 1.36 bits per heavy atom. The normalized spacial score (nSPS) is 18.2. The minimum Gasteiger partial charge on any atom is -0.497 e. The average molecular weight is 326 g/mol. The van der Waals surface area contributed by atoms with Gasteiger partial charge in [-0.1, -0.05) is 84.9 Å². The molecular weight excluding hydrogens is 304 g/mol. The Hall–Kier alpha value is -2.80. The van der Waals surface area contributed by atoms with Crippen molar-refractivity contribution in [2.45, 2.75) is 11.8 Å². The SMILES string of the molecule is COc1ccc(/C=C/C2CC2(c2ccccc2)c2ccccc2)cc1. The van der Waals surface area contributed by atoms with Gasteiger partial charge in [-0.25, -0.2) is 0 Å². The van der Waals surface area contributed by atoms with Gasteiger partial charge in [0.25, 0.3) is 0 Å². The van der Waals surface area contributed by atoms with E-state index in [9.17, 15) is 0 Å². The number of ether oxygens (including phenoxy) is 1. The molecule has 1 aliphatic carbocycles. The molecular formula is C24H22O. The summed E-state index contributed by atoms with van der Waals surface area (Å²) in [7, 11) is 1.70. The van der Waals surface area contributed by atoms with Gasteiger partial charge in [-0.3, -0.25) is 0 Å². The number of benzene rings is 3. The molecule has 0 radical (unpaired) electrons. The van der Waals surface area contributed by atoms with Crippen molar-refractivity contribution in [3.8, 4) is 5.75 Å². The van der Waals surface area contributed by atoms with E-state index in [1.165, 1.54) is 16.7 Å². The van der Waals surface area contributed by atoms with Crippen LogP contribution in [0, 0.1) is 5.92 Å². The zero-order valence-corrected chi connectivity index (χ0v) is 14.4. The van der Waals surface area contributed by atoms with E-state index in [1.54, 1.807) is 7.11 Å². The molecule has 124 valence electrons. The monoisotopic (exact) mass is 326 g/mol. The fraction of sp³-hybridized carbons (Fsp3) is 0.167. The second-order valence-electron chi connectivity index (χ2n) is 6.65. The molecule has 0 heterocycles. The molecule has 0 aromatic heterocycles. The first-order valence-corrected chi connectivity index (χ1v) is 8.76. The van der Waals surface area contributed by atoms with Gasteiger partial charge in [-0.15, -0.1) is 0 Å². The smallest absolute Gasteiger partial charge is 0.118 e. The summed E-state index contributed by atoms with van der Waals surface area (Å²) in [5.74, 6) is 1.42. The first-order chi connectivity index (χ1) is 12.3. The van der Waals surface area contributed by atoms with Crippen LogP contribution in [0.4, 0.5) is 0 Å². The highest BCUT2D eigenvalue weighted by Crippen LogP contribution is 2.59. The van der Waals surface area contributed by atoms with Crippen LogP contribution in [0.1, 0.15) is 23.1 Å². The van der Waals surface area contributed by atoms with Gasteiger partial charge in [0, 0.05) is 5.41 Å². The molecule has 1 saturated carbocycles. The summed E-state index contributed by atoms with van der Waals surface area (Å²) in [6, 6.07) is 30.0. The average Bonchev–Trinajstić information content (AvgIpc) is 3.44. The molecule has 0 spiro atoms. The number of allylic oxidation sites excluding steroid dienone is 1.